The van der Waals surface area contributed by atoms with Crippen LogP contribution in [0.3, 0.4) is 0 Å². The summed E-state index contributed by atoms with van der Waals surface area (Å²) < 4.78 is 4.63. The van der Waals surface area contributed by atoms with Crippen molar-refractivity contribution >= 4 is 6.47 Å². The Bertz CT molecular complexity index is 269. The minimum Gasteiger partial charge on any atom is -0.457 e. The maximum Gasteiger partial charge on any atom is 0.417 e. The highest BCUT2D eigenvalue weighted by atomic mass is 16.5. The molecule has 1 aromatic rings. The van der Waals surface area contributed by atoms with Gasteiger partial charge in [-0.25, -0.2) is 4.79 Å². The molecule has 0 aromatic heterocycles. The van der Waals surface area contributed by atoms with E-state index < -0.39 is 0 Å². The minimum absolute atomic E-state index is 0.461. The van der Waals surface area contributed by atoms with Crippen molar-refractivity contribution in [2.75, 3.05) is 6.61 Å². The number of ether oxygens (including phenoxy) is 1. The lowest BCUT2D eigenvalue weighted by atomic mass is 9.92. The van der Waals surface area contributed by atoms with Gasteiger partial charge in [-0.1, -0.05) is 43.7 Å². The lowest BCUT2D eigenvalue weighted by molar-refractivity contribution is 0.261. The standard InChI is InChI=1S/C13H17O2/c1-2-6-12(9-10-15-11-14)13-7-4-3-5-8-13/h3-5,7-8,12H,2,6,9-10H2,1H3. The molecule has 0 aliphatic rings. The van der Waals surface area contributed by atoms with Crippen molar-refractivity contribution in [1.29, 1.82) is 0 Å². The molecule has 0 saturated heterocycles. The predicted octanol–water partition coefficient (Wildman–Crippen LogP) is 3.04. The molecule has 0 aliphatic carbocycles. The van der Waals surface area contributed by atoms with E-state index in [0.29, 0.717) is 12.5 Å². The molecule has 15 heavy (non-hydrogen) atoms. The molecule has 0 N–H and O–H groups in total. The van der Waals surface area contributed by atoms with E-state index in [1.54, 1.807) is 0 Å². The highest BCUT2D eigenvalue weighted by molar-refractivity contribution is 5.38. The molecule has 0 bridgehead atoms. The van der Waals surface area contributed by atoms with Gasteiger partial charge in [-0.2, -0.15) is 0 Å². The van der Waals surface area contributed by atoms with E-state index >= 15 is 0 Å². The van der Waals surface area contributed by atoms with Gasteiger partial charge in [0, 0.05) is 0 Å². The van der Waals surface area contributed by atoms with Gasteiger partial charge in [-0.15, -0.1) is 0 Å². The van der Waals surface area contributed by atoms with Crippen molar-refractivity contribution in [3.63, 3.8) is 0 Å². The van der Waals surface area contributed by atoms with Gasteiger partial charge in [-0.05, 0) is 24.3 Å². The van der Waals surface area contributed by atoms with Crippen LogP contribution in [0.5, 0.6) is 0 Å². The van der Waals surface area contributed by atoms with Gasteiger partial charge in [0.1, 0.15) is 0 Å². The number of carbonyl (C=O) groups excluding carboxylic acids is 1. The van der Waals surface area contributed by atoms with Crippen LogP contribution in [0.25, 0.3) is 0 Å². The molecule has 0 amide bonds. The number of hydrogen-bond donors (Lipinski definition) is 0. The third-order valence-electron chi connectivity index (χ3n) is 2.54. The zero-order valence-electron chi connectivity index (χ0n) is 9.11. The number of hydrogen-bond acceptors (Lipinski definition) is 2. The molecule has 1 radical (unpaired) electrons. The van der Waals surface area contributed by atoms with Gasteiger partial charge >= 0.3 is 6.47 Å². The van der Waals surface area contributed by atoms with Crippen molar-refractivity contribution in [3.05, 3.63) is 35.9 Å². The van der Waals surface area contributed by atoms with E-state index in [2.05, 4.69) is 23.8 Å². The third kappa shape index (κ3) is 4.15. The largest absolute Gasteiger partial charge is 0.457 e. The molecule has 2 heteroatoms. The molecule has 0 heterocycles. The van der Waals surface area contributed by atoms with Gasteiger partial charge in [0.2, 0.25) is 0 Å². The van der Waals surface area contributed by atoms with Gasteiger partial charge in [0.25, 0.3) is 0 Å². The Balaban J connectivity index is 2.53. The van der Waals surface area contributed by atoms with Crippen LogP contribution in [0.2, 0.25) is 0 Å². The van der Waals surface area contributed by atoms with Crippen molar-refractivity contribution in [2.45, 2.75) is 32.1 Å². The average molecular weight is 205 g/mol. The molecule has 2 nitrogen and oxygen atoms in total. The van der Waals surface area contributed by atoms with Gasteiger partial charge in [0.05, 0.1) is 6.61 Å². The van der Waals surface area contributed by atoms with E-state index in [9.17, 15) is 4.79 Å². The van der Waals surface area contributed by atoms with Crippen molar-refractivity contribution < 1.29 is 9.53 Å². The quantitative estimate of drug-likeness (QED) is 0.639. The van der Waals surface area contributed by atoms with E-state index in [4.69, 9.17) is 0 Å². The Hall–Kier alpha value is -1.31. The predicted molar refractivity (Wildman–Crippen MR) is 60.4 cm³/mol. The van der Waals surface area contributed by atoms with Crippen LogP contribution in [0.1, 0.15) is 37.7 Å². The van der Waals surface area contributed by atoms with Crippen molar-refractivity contribution in [3.8, 4) is 0 Å². The third-order valence-corrected chi connectivity index (χ3v) is 2.54. The molecule has 1 rings (SSSR count). The Morgan fingerprint density at radius 2 is 2.00 bits per heavy atom. The summed E-state index contributed by atoms with van der Waals surface area (Å²) in [5, 5.41) is 0. The Kier molecular flexibility index (Phi) is 5.52. The van der Waals surface area contributed by atoms with Crippen LogP contribution in [-0.2, 0) is 9.53 Å². The number of rotatable bonds is 7. The van der Waals surface area contributed by atoms with Gasteiger partial charge in [0.15, 0.2) is 0 Å². The first kappa shape index (κ1) is 11.8. The normalized spacial score (nSPS) is 12.1. The first-order valence-electron chi connectivity index (χ1n) is 5.42. The Morgan fingerprint density at radius 3 is 2.60 bits per heavy atom. The first-order chi connectivity index (χ1) is 7.38. The fourth-order valence-electron chi connectivity index (χ4n) is 1.79. The fourth-order valence-corrected chi connectivity index (χ4v) is 1.79. The van der Waals surface area contributed by atoms with Crippen LogP contribution >= 0.6 is 0 Å². The second-order valence-corrected chi connectivity index (χ2v) is 3.62. The molecule has 1 aromatic carbocycles. The number of benzene rings is 1. The summed E-state index contributed by atoms with van der Waals surface area (Å²) in [6, 6.07) is 10.4. The second-order valence-electron chi connectivity index (χ2n) is 3.62. The maximum absolute atomic E-state index is 9.93. The highest BCUT2D eigenvalue weighted by Gasteiger charge is 2.09. The Morgan fingerprint density at radius 1 is 1.27 bits per heavy atom. The van der Waals surface area contributed by atoms with Gasteiger partial charge < -0.3 is 4.74 Å². The first-order valence-corrected chi connectivity index (χ1v) is 5.42. The zero-order chi connectivity index (χ0) is 10.9. The second kappa shape index (κ2) is 7.04. The zero-order valence-corrected chi connectivity index (χ0v) is 9.11. The minimum atomic E-state index is 0.461. The van der Waals surface area contributed by atoms with E-state index in [1.165, 1.54) is 12.0 Å². The lowest BCUT2D eigenvalue weighted by Gasteiger charge is -2.15. The summed E-state index contributed by atoms with van der Waals surface area (Å²) in [4.78, 5) is 9.93. The average Bonchev–Trinajstić information content (AvgIpc) is 2.29. The SMILES string of the molecule is CCCC(CCO[C]=O)c1ccccc1. The van der Waals surface area contributed by atoms with Gasteiger partial charge in [-0.3, -0.25) is 0 Å². The van der Waals surface area contributed by atoms with Crippen LogP contribution in [-0.4, -0.2) is 13.1 Å². The summed E-state index contributed by atoms with van der Waals surface area (Å²) in [5.41, 5.74) is 1.33. The Labute approximate surface area is 91.3 Å². The van der Waals surface area contributed by atoms with E-state index in [-0.39, 0.29) is 0 Å². The van der Waals surface area contributed by atoms with Crippen molar-refractivity contribution in [1.82, 2.24) is 0 Å². The molecule has 0 spiro atoms. The summed E-state index contributed by atoms with van der Waals surface area (Å²) in [6.07, 6.45) is 3.16. The van der Waals surface area contributed by atoms with Crippen LogP contribution in [0, 0.1) is 0 Å². The van der Waals surface area contributed by atoms with Crippen LogP contribution < -0.4 is 0 Å². The van der Waals surface area contributed by atoms with E-state index in [0.717, 1.165) is 19.3 Å². The molecule has 0 saturated carbocycles. The lowest BCUT2D eigenvalue weighted by Crippen LogP contribution is -2.03. The summed E-state index contributed by atoms with van der Waals surface area (Å²) in [6.45, 7) is 4.10. The monoisotopic (exact) mass is 205 g/mol. The summed E-state index contributed by atoms with van der Waals surface area (Å²) >= 11 is 0. The smallest absolute Gasteiger partial charge is 0.417 e. The molecular weight excluding hydrogens is 188 g/mol. The molecule has 0 aliphatic heterocycles. The molecule has 0 fully saturated rings. The van der Waals surface area contributed by atoms with Crippen molar-refractivity contribution in [2.24, 2.45) is 0 Å². The van der Waals surface area contributed by atoms with Crippen LogP contribution in [0.15, 0.2) is 30.3 Å². The van der Waals surface area contributed by atoms with Crippen LogP contribution in [0.4, 0.5) is 0 Å². The molecule has 81 valence electrons. The molecule has 1 unspecified atom stereocenters. The highest BCUT2D eigenvalue weighted by Crippen LogP contribution is 2.24. The van der Waals surface area contributed by atoms with E-state index in [1.807, 2.05) is 18.2 Å². The maximum atomic E-state index is 9.93. The molecular formula is C13H17O2. The topological polar surface area (TPSA) is 26.3 Å². The molecule has 1 atom stereocenters. The summed E-state index contributed by atoms with van der Waals surface area (Å²) in [5.74, 6) is 0.490. The fraction of sp³-hybridized carbons (Fsp3) is 0.462. The summed E-state index contributed by atoms with van der Waals surface area (Å²) in [7, 11) is 0.